The van der Waals surface area contributed by atoms with Crippen LogP contribution in [0.25, 0.3) is 0 Å². The summed E-state index contributed by atoms with van der Waals surface area (Å²) in [6.07, 6.45) is 9.00. The number of benzene rings is 1. The second-order valence-electron chi connectivity index (χ2n) is 7.92. The maximum Gasteiger partial charge on any atom is 0.328 e. The number of likely N-dealkylation sites (N-methyl/N-ethyl adjacent to an activating group) is 1. The van der Waals surface area contributed by atoms with Crippen LogP contribution in [-0.2, 0) is 9.59 Å². The van der Waals surface area contributed by atoms with Crippen LogP contribution in [0.1, 0.15) is 48.9 Å². The molecule has 1 heterocycles. The number of carbonyl (C=O) groups is 3. The van der Waals surface area contributed by atoms with Crippen molar-refractivity contribution in [2.24, 2.45) is 0 Å². The number of carboxylic acid groups (broad SMARTS) is 2. The van der Waals surface area contributed by atoms with Crippen molar-refractivity contribution in [3.63, 3.8) is 0 Å². The van der Waals surface area contributed by atoms with Crippen molar-refractivity contribution in [2.45, 2.75) is 50.6 Å². The van der Waals surface area contributed by atoms with Gasteiger partial charge >= 0.3 is 5.97 Å². The van der Waals surface area contributed by atoms with Gasteiger partial charge in [-0.3, -0.25) is 4.79 Å². The third kappa shape index (κ3) is 7.18. The zero-order valence-electron chi connectivity index (χ0n) is 17.4. The van der Waals surface area contributed by atoms with Gasteiger partial charge in [-0.15, -0.1) is 0 Å². The lowest BCUT2D eigenvalue weighted by molar-refractivity contribution is -0.915. The third-order valence-corrected chi connectivity index (χ3v) is 5.87. The molecule has 1 aliphatic heterocycles. The van der Waals surface area contributed by atoms with E-state index in [4.69, 9.17) is 10.8 Å². The molecule has 1 aromatic rings. The summed E-state index contributed by atoms with van der Waals surface area (Å²) in [5.74, 6) is -2.68. The van der Waals surface area contributed by atoms with Crippen LogP contribution in [-0.4, -0.2) is 60.1 Å². The van der Waals surface area contributed by atoms with E-state index in [1.54, 1.807) is 17.0 Å². The molecule has 2 fully saturated rings. The number of likely N-dealkylation sites (tertiary alicyclic amines) is 1. The molecule has 1 saturated carbocycles. The molecular weight excluding hydrogens is 386 g/mol. The van der Waals surface area contributed by atoms with Crippen molar-refractivity contribution in [2.75, 3.05) is 25.9 Å². The van der Waals surface area contributed by atoms with Crippen molar-refractivity contribution >= 4 is 23.5 Å². The van der Waals surface area contributed by atoms with Crippen LogP contribution in [0.2, 0.25) is 0 Å². The van der Waals surface area contributed by atoms with Gasteiger partial charge in [-0.1, -0.05) is 6.42 Å². The van der Waals surface area contributed by atoms with E-state index >= 15 is 0 Å². The lowest BCUT2D eigenvalue weighted by Crippen LogP contribution is -3.14. The Balaban J connectivity index is 0.000000343. The van der Waals surface area contributed by atoms with Gasteiger partial charge in [0.1, 0.15) is 0 Å². The van der Waals surface area contributed by atoms with Gasteiger partial charge in [0.15, 0.2) is 0 Å². The van der Waals surface area contributed by atoms with Crippen LogP contribution in [0.3, 0.4) is 0 Å². The fourth-order valence-electron chi connectivity index (χ4n) is 4.21. The van der Waals surface area contributed by atoms with Crippen LogP contribution in [0.4, 0.5) is 5.69 Å². The fraction of sp³-hybridized carbons (Fsp3) is 0.500. The first-order valence-corrected chi connectivity index (χ1v) is 10.4. The Morgan fingerprint density at radius 1 is 1.10 bits per heavy atom. The Kier molecular flexibility index (Phi) is 8.86. The molecule has 4 N–H and O–H groups in total. The van der Waals surface area contributed by atoms with Gasteiger partial charge in [0, 0.05) is 30.8 Å². The number of amides is 1. The predicted octanol–water partition coefficient (Wildman–Crippen LogP) is -0.292. The number of nitrogen functional groups attached to an aromatic ring is 1. The van der Waals surface area contributed by atoms with Gasteiger partial charge in [0.05, 0.1) is 31.1 Å². The summed E-state index contributed by atoms with van der Waals surface area (Å²) in [7, 11) is 1.95. The van der Waals surface area contributed by atoms with Crippen LogP contribution < -0.4 is 15.7 Å². The normalized spacial score (nSPS) is 21.6. The van der Waals surface area contributed by atoms with Gasteiger partial charge in [-0.05, 0) is 56.0 Å². The van der Waals surface area contributed by atoms with Crippen LogP contribution in [0.15, 0.2) is 36.4 Å². The number of nitrogens with one attached hydrogen (secondary N) is 1. The third-order valence-electron chi connectivity index (χ3n) is 5.87. The average molecular weight is 418 g/mol. The van der Waals surface area contributed by atoms with Gasteiger partial charge in [0.2, 0.25) is 0 Å². The molecule has 30 heavy (non-hydrogen) atoms. The molecule has 1 amide bonds. The first-order valence-electron chi connectivity index (χ1n) is 10.4. The summed E-state index contributed by atoms with van der Waals surface area (Å²) in [6, 6.07) is 8.47. The summed E-state index contributed by atoms with van der Waals surface area (Å²) in [6.45, 7) is 2.33. The molecule has 3 rings (SSSR count). The van der Waals surface area contributed by atoms with Crippen LogP contribution >= 0.6 is 0 Å². The van der Waals surface area contributed by atoms with E-state index in [9.17, 15) is 19.5 Å². The number of hydrogen-bond donors (Lipinski definition) is 3. The van der Waals surface area contributed by atoms with Gasteiger partial charge in [-0.25, -0.2) is 4.79 Å². The van der Waals surface area contributed by atoms with Gasteiger partial charge in [0.25, 0.3) is 5.91 Å². The number of aliphatic carboxylic acids is 2. The minimum absolute atomic E-state index is 0.120. The predicted molar refractivity (Wildman–Crippen MR) is 111 cm³/mol. The molecule has 0 bridgehead atoms. The number of nitrogens with zero attached hydrogens (tertiary/aromatic N) is 1. The van der Waals surface area contributed by atoms with Gasteiger partial charge < -0.3 is 30.5 Å². The summed E-state index contributed by atoms with van der Waals surface area (Å²) in [5, 5.41) is 17.2. The second-order valence-corrected chi connectivity index (χ2v) is 7.92. The molecule has 164 valence electrons. The Labute approximate surface area is 177 Å². The smallest absolute Gasteiger partial charge is 0.328 e. The zero-order valence-corrected chi connectivity index (χ0v) is 17.4. The minimum Gasteiger partial charge on any atom is -0.545 e. The maximum atomic E-state index is 12.6. The topological polar surface area (TPSA) is 128 Å². The largest absolute Gasteiger partial charge is 0.545 e. The molecule has 2 aliphatic rings. The highest BCUT2D eigenvalue weighted by atomic mass is 16.4. The Bertz CT molecular complexity index is 741. The average Bonchev–Trinajstić information content (AvgIpc) is 3.23. The number of hydrogen-bond acceptors (Lipinski definition) is 5. The molecule has 2 unspecified atom stereocenters. The van der Waals surface area contributed by atoms with Crippen molar-refractivity contribution in [1.82, 2.24) is 4.90 Å². The Morgan fingerprint density at radius 2 is 1.73 bits per heavy atom. The molecule has 0 aromatic heterocycles. The number of rotatable bonds is 5. The van der Waals surface area contributed by atoms with Crippen LogP contribution in [0.5, 0.6) is 0 Å². The standard InChI is InChI=1S/C18H27N3O.C4H4O4/c1-20(18(22)14-7-9-15(19)10-8-14)17-11-12-21(13-17)16-5-3-2-4-6-16;5-3(6)1-2-4(7)8/h7-10,16-17H,2-6,11-13,19H2,1H3;1-2H,(H,5,6)(H,7,8). The minimum atomic E-state index is -1.51. The highest BCUT2D eigenvalue weighted by molar-refractivity contribution is 5.94. The van der Waals surface area contributed by atoms with Gasteiger partial charge in [-0.2, -0.15) is 0 Å². The summed E-state index contributed by atoms with van der Waals surface area (Å²) < 4.78 is 0. The number of carboxylic acids is 2. The van der Waals surface area contributed by atoms with E-state index in [1.807, 2.05) is 24.1 Å². The van der Waals surface area contributed by atoms with E-state index < -0.39 is 11.9 Å². The number of nitrogens with two attached hydrogens (primary N) is 1. The van der Waals surface area contributed by atoms with E-state index in [0.29, 0.717) is 23.9 Å². The van der Waals surface area contributed by atoms with E-state index in [0.717, 1.165) is 24.6 Å². The number of anilines is 1. The highest BCUT2D eigenvalue weighted by Gasteiger charge is 2.36. The lowest BCUT2D eigenvalue weighted by atomic mass is 9.94. The van der Waals surface area contributed by atoms with Crippen molar-refractivity contribution < 1.29 is 29.5 Å². The summed E-state index contributed by atoms with van der Waals surface area (Å²) >= 11 is 0. The molecular formula is C22H31N3O5. The number of carbonyl (C=O) groups excluding carboxylic acids is 2. The SMILES string of the molecule is CN(C(=O)c1ccc(N)cc1)C1CC[NH+](C2CCCCC2)C1.O=C([O-])C=CC(=O)O. The van der Waals surface area contributed by atoms with Crippen molar-refractivity contribution in [3.05, 3.63) is 42.0 Å². The summed E-state index contributed by atoms with van der Waals surface area (Å²) in [4.78, 5) is 35.2. The van der Waals surface area contributed by atoms with Crippen molar-refractivity contribution in [3.8, 4) is 0 Å². The monoisotopic (exact) mass is 417 g/mol. The van der Waals surface area contributed by atoms with Crippen LogP contribution in [0, 0.1) is 0 Å². The molecule has 8 heteroatoms. The molecule has 1 aromatic carbocycles. The summed E-state index contributed by atoms with van der Waals surface area (Å²) in [5.41, 5.74) is 7.14. The highest BCUT2D eigenvalue weighted by Crippen LogP contribution is 2.17. The first-order chi connectivity index (χ1) is 14.3. The maximum absolute atomic E-state index is 12.6. The molecule has 0 radical (unpaired) electrons. The molecule has 1 saturated heterocycles. The van der Waals surface area contributed by atoms with E-state index in [1.165, 1.54) is 38.6 Å². The first kappa shape index (κ1) is 23.4. The Morgan fingerprint density at radius 3 is 2.27 bits per heavy atom. The quantitative estimate of drug-likeness (QED) is 0.446. The fourth-order valence-corrected chi connectivity index (χ4v) is 4.21. The van der Waals surface area contributed by atoms with Crippen molar-refractivity contribution in [1.29, 1.82) is 0 Å². The molecule has 2 atom stereocenters. The Hall–Kier alpha value is -2.87. The lowest BCUT2D eigenvalue weighted by Gasteiger charge is -2.29. The van der Waals surface area contributed by atoms with E-state index in [-0.39, 0.29) is 5.91 Å². The molecule has 1 aliphatic carbocycles. The second kappa shape index (κ2) is 11.3. The molecule has 8 nitrogen and oxygen atoms in total. The number of quaternary nitrogens is 1. The zero-order chi connectivity index (χ0) is 22.1. The van der Waals surface area contributed by atoms with E-state index in [2.05, 4.69) is 0 Å². The molecule has 0 spiro atoms.